The maximum atomic E-state index is 4.46. The summed E-state index contributed by atoms with van der Waals surface area (Å²) in [5.74, 6) is 0. The summed E-state index contributed by atoms with van der Waals surface area (Å²) in [6.07, 6.45) is 4.99. The van der Waals surface area contributed by atoms with Gasteiger partial charge in [0.1, 0.15) is 0 Å². The van der Waals surface area contributed by atoms with Crippen LogP contribution in [0.2, 0.25) is 0 Å². The number of nitrogens with zero attached hydrogens (tertiary/aromatic N) is 2. The van der Waals surface area contributed by atoms with Gasteiger partial charge in [-0.05, 0) is 48.7 Å². The highest BCUT2D eigenvalue weighted by molar-refractivity contribution is 5.70. The van der Waals surface area contributed by atoms with E-state index in [9.17, 15) is 0 Å². The molecular weight excluding hydrogens is 292 g/mol. The van der Waals surface area contributed by atoms with Gasteiger partial charge in [-0.2, -0.15) is 0 Å². The third-order valence-electron chi connectivity index (χ3n) is 5.96. The normalized spacial score (nSPS) is 26.8. The van der Waals surface area contributed by atoms with Gasteiger partial charge in [-0.1, -0.05) is 42.5 Å². The molecule has 3 heterocycles. The van der Waals surface area contributed by atoms with Gasteiger partial charge in [0.15, 0.2) is 0 Å². The summed E-state index contributed by atoms with van der Waals surface area (Å²) in [5, 5.41) is 0. The number of hydrogen-bond acceptors (Lipinski definition) is 2. The number of benzene rings is 2. The van der Waals surface area contributed by atoms with Gasteiger partial charge in [0.05, 0.1) is 11.1 Å². The van der Waals surface area contributed by atoms with Crippen molar-refractivity contribution in [1.29, 1.82) is 0 Å². The zero-order valence-electron chi connectivity index (χ0n) is 14.0. The Kier molecular flexibility index (Phi) is 2.57. The standard InChI is InChI=1S/C22H20N2/c1-21-14-16-12-13-23-15-20(16)22(2,19-11-7-6-10-18(19)21)24(21)17-8-4-3-5-9-17/h3-13,15H,14H2,1-2H3. The summed E-state index contributed by atoms with van der Waals surface area (Å²) in [4.78, 5) is 7.06. The molecule has 2 bridgehead atoms. The first-order valence-electron chi connectivity index (χ1n) is 8.54. The number of fused-ring (bicyclic) bond motifs is 7. The number of rotatable bonds is 1. The van der Waals surface area contributed by atoms with Crippen molar-refractivity contribution in [3.63, 3.8) is 0 Å². The number of pyridine rings is 1. The minimum absolute atomic E-state index is 0.0406. The SMILES string of the molecule is CC12Cc3ccncc3C(C)(c3ccccc31)N2c1ccccc1. The molecule has 2 nitrogen and oxygen atoms in total. The molecule has 2 aliphatic rings. The summed E-state index contributed by atoms with van der Waals surface area (Å²) in [6, 6.07) is 21.9. The van der Waals surface area contributed by atoms with Crippen LogP contribution in [0.5, 0.6) is 0 Å². The first-order valence-corrected chi connectivity index (χ1v) is 8.54. The second kappa shape index (κ2) is 4.47. The van der Waals surface area contributed by atoms with E-state index < -0.39 is 0 Å². The van der Waals surface area contributed by atoms with Gasteiger partial charge < -0.3 is 4.90 Å². The van der Waals surface area contributed by atoms with Crippen LogP contribution in [0.3, 0.4) is 0 Å². The van der Waals surface area contributed by atoms with Crippen molar-refractivity contribution in [2.75, 3.05) is 4.90 Å². The van der Waals surface area contributed by atoms with Crippen LogP contribution in [-0.2, 0) is 17.5 Å². The summed E-state index contributed by atoms with van der Waals surface area (Å²) in [6.45, 7) is 4.73. The molecule has 2 unspecified atom stereocenters. The lowest BCUT2D eigenvalue weighted by Crippen LogP contribution is -2.54. The molecular formula is C22H20N2. The molecule has 0 radical (unpaired) electrons. The van der Waals surface area contributed by atoms with E-state index in [0.29, 0.717) is 0 Å². The molecule has 1 aromatic heterocycles. The number of aromatic nitrogens is 1. The molecule has 2 heteroatoms. The number of hydrogen-bond donors (Lipinski definition) is 0. The Morgan fingerprint density at radius 3 is 2.33 bits per heavy atom. The number of para-hydroxylation sites is 1. The van der Waals surface area contributed by atoms with E-state index in [1.807, 2.05) is 6.20 Å². The quantitative estimate of drug-likeness (QED) is 0.651. The van der Waals surface area contributed by atoms with Crippen LogP contribution in [0.15, 0.2) is 73.1 Å². The van der Waals surface area contributed by atoms with Crippen molar-refractivity contribution < 1.29 is 0 Å². The average Bonchev–Trinajstić information content (AvgIpc) is 2.77. The third-order valence-corrected chi connectivity index (χ3v) is 5.96. The minimum Gasteiger partial charge on any atom is -0.348 e. The molecule has 0 N–H and O–H groups in total. The van der Waals surface area contributed by atoms with Crippen LogP contribution >= 0.6 is 0 Å². The highest BCUT2D eigenvalue weighted by Crippen LogP contribution is 2.59. The first kappa shape index (κ1) is 13.8. The van der Waals surface area contributed by atoms with Gasteiger partial charge in [-0.3, -0.25) is 4.98 Å². The first-order chi connectivity index (χ1) is 11.7. The van der Waals surface area contributed by atoms with Crippen molar-refractivity contribution >= 4 is 5.69 Å². The van der Waals surface area contributed by atoms with E-state index >= 15 is 0 Å². The van der Waals surface area contributed by atoms with E-state index in [2.05, 4.69) is 90.6 Å². The Labute approximate surface area is 142 Å². The van der Waals surface area contributed by atoms with E-state index in [4.69, 9.17) is 0 Å². The largest absolute Gasteiger partial charge is 0.348 e. The molecule has 0 fully saturated rings. The Balaban J connectivity index is 1.89. The van der Waals surface area contributed by atoms with Crippen molar-refractivity contribution in [2.45, 2.75) is 31.3 Å². The van der Waals surface area contributed by atoms with Crippen molar-refractivity contribution in [3.05, 3.63) is 95.3 Å². The van der Waals surface area contributed by atoms with E-state index in [-0.39, 0.29) is 11.1 Å². The lowest BCUT2D eigenvalue weighted by Gasteiger charge is -2.51. The third kappa shape index (κ3) is 1.49. The van der Waals surface area contributed by atoms with Crippen molar-refractivity contribution in [1.82, 2.24) is 4.98 Å². The van der Waals surface area contributed by atoms with Gasteiger partial charge in [-0.15, -0.1) is 0 Å². The zero-order valence-corrected chi connectivity index (χ0v) is 14.0. The Hall–Kier alpha value is -2.61. The van der Waals surface area contributed by atoms with Gasteiger partial charge in [-0.25, -0.2) is 0 Å². The molecule has 0 spiro atoms. The molecule has 2 atom stereocenters. The summed E-state index contributed by atoms with van der Waals surface area (Å²) < 4.78 is 0. The monoisotopic (exact) mass is 312 g/mol. The molecule has 2 aliphatic heterocycles. The minimum atomic E-state index is -0.186. The highest BCUT2D eigenvalue weighted by atomic mass is 15.3. The number of anilines is 1. The van der Waals surface area contributed by atoms with Gasteiger partial charge in [0.2, 0.25) is 0 Å². The van der Waals surface area contributed by atoms with Crippen LogP contribution in [0.4, 0.5) is 5.69 Å². The van der Waals surface area contributed by atoms with Crippen LogP contribution in [0.25, 0.3) is 0 Å². The zero-order chi connectivity index (χ0) is 16.4. The second-order valence-electron chi connectivity index (χ2n) is 7.27. The second-order valence-corrected chi connectivity index (χ2v) is 7.27. The van der Waals surface area contributed by atoms with Crippen molar-refractivity contribution in [2.24, 2.45) is 0 Å². The fourth-order valence-corrected chi connectivity index (χ4v) is 5.06. The van der Waals surface area contributed by atoms with Gasteiger partial charge in [0.25, 0.3) is 0 Å². The van der Waals surface area contributed by atoms with Crippen LogP contribution in [-0.4, -0.2) is 4.98 Å². The van der Waals surface area contributed by atoms with Gasteiger partial charge >= 0.3 is 0 Å². The predicted octanol–water partition coefficient (Wildman–Crippen LogP) is 4.64. The topological polar surface area (TPSA) is 16.1 Å². The molecule has 0 saturated heterocycles. The highest BCUT2D eigenvalue weighted by Gasteiger charge is 2.58. The molecule has 2 aromatic carbocycles. The molecule has 0 amide bonds. The van der Waals surface area contributed by atoms with Crippen LogP contribution in [0, 0.1) is 0 Å². The predicted molar refractivity (Wildman–Crippen MR) is 97.1 cm³/mol. The summed E-state index contributed by atoms with van der Waals surface area (Å²) >= 11 is 0. The maximum absolute atomic E-state index is 4.46. The van der Waals surface area contributed by atoms with Crippen LogP contribution in [0.1, 0.15) is 36.1 Å². The van der Waals surface area contributed by atoms with Crippen molar-refractivity contribution in [3.8, 4) is 0 Å². The lowest BCUT2D eigenvalue weighted by atomic mass is 9.78. The van der Waals surface area contributed by atoms with E-state index in [1.54, 1.807) is 0 Å². The Bertz CT molecular complexity index is 933. The lowest BCUT2D eigenvalue weighted by molar-refractivity contribution is 0.362. The van der Waals surface area contributed by atoms with Gasteiger partial charge in [0, 0.05) is 30.1 Å². The molecule has 0 aliphatic carbocycles. The average molecular weight is 312 g/mol. The molecule has 24 heavy (non-hydrogen) atoms. The molecule has 3 aromatic rings. The van der Waals surface area contributed by atoms with E-state index in [0.717, 1.165) is 6.42 Å². The Morgan fingerprint density at radius 2 is 1.54 bits per heavy atom. The Morgan fingerprint density at radius 1 is 0.833 bits per heavy atom. The summed E-state index contributed by atoms with van der Waals surface area (Å²) in [7, 11) is 0. The fraction of sp³-hybridized carbons (Fsp3) is 0.227. The molecule has 118 valence electrons. The van der Waals surface area contributed by atoms with E-state index in [1.165, 1.54) is 27.9 Å². The molecule has 5 rings (SSSR count). The maximum Gasteiger partial charge on any atom is 0.0908 e. The summed E-state index contributed by atoms with van der Waals surface area (Å²) in [5.41, 5.74) is 6.63. The fourth-order valence-electron chi connectivity index (χ4n) is 5.06. The molecule has 0 saturated carbocycles. The smallest absolute Gasteiger partial charge is 0.0908 e. The van der Waals surface area contributed by atoms with Crippen LogP contribution < -0.4 is 4.90 Å².